The summed E-state index contributed by atoms with van der Waals surface area (Å²) in [4.78, 5) is 2.00. The smallest absolute Gasteiger partial charge is 0.148 e. The number of rotatable bonds is 4. The molecule has 0 unspecified atom stereocenters. The Morgan fingerprint density at radius 3 is 2.67 bits per heavy atom. The van der Waals surface area contributed by atoms with Crippen LogP contribution in [-0.2, 0) is 0 Å². The van der Waals surface area contributed by atoms with E-state index in [0.717, 1.165) is 18.7 Å². The Kier molecular flexibility index (Phi) is 3.95. The Hall–Kier alpha value is -1.25. The monoisotopic (exact) mass is 210 g/mol. The van der Waals surface area contributed by atoms with E-state index in [2.05, 4.69) is 13.8 Å². The maximum Gasteiger partial charge on any atom is 0.148 e. The fraction of sp³-hybridized carbons (Fsp3) is 0.500. The topological polar surface area (TPSA) is 29.3 Å². The molecular weight excluding hydrogens is 191 g/mol. The molecule has 84 valence electrons. The second-order valence-corrected chi connectivity index (χ2v) is 4.28. The number of nitrogens with zero attached hydrogens (tertiary/aromatic N) is 1. The maximum atomic E-state index is 13.2. The van der Waals surface area contributed by atoms with Crippen LogP contribution in [0.1, 0.15) is 20.3 Å². The molecule has 0 heterocycles. The molecule has 1 aromatic rings. The van der Waals surface area contributed by atoms with Crippen LogP contribution in [0.2, 0.25) is 0 Å². The molecule has 0 saturated heterocycles. The van der Waals surface area contributed by atoms with Gasteiger partial charge in [-0.3, -0.25) is 0 Å². The van der Waals surface area contributed by atoms with Gasteiger partial charge in [-0.2, -0.15) is 0 Å². The number of para-hydroxylation sites is 1. The minimum absolute atomic E-state index is 0.240. The lowest BCUT2D eigenvalue weighted by Crippen LogP contribution is -2.21. The third kappa shape index (κ3) is 3.11. The van der Waals surface area contributed by atoms with Crippen molar-refractivity contribution < 1.29 is 4.39 Å². The normalized spacial score (nSPS) is 10.7. The predicted octanol–water partition coefficient (Wildman–Crippen LogP) is 2.89. The number of nitrogen functional groups attached to an aromatic ring is 1. The molecule has 0 saturated carbocycles. The SMILES string of the molecule is CC(C)CCN(C)c1cccc(F)c1N. The Balaban J connectivity index is 2.73. The van der Waals surface area contributed by atoms with Crippen LogP contribution >= 0.6 is 0 Å². The second kappa shape index (κ2) is 5.01. The van der Waals surface area contributed by atoms with Crippen molar-refractivity contribution in [3.63, 3.8) is 0 Å². The third-order valence-corrected chi connectivity index (χ3v) is 2.48. The van der Waals surface area contributed by atoms with Gasteiger partial charge in [0.25, 0.3) is 0 Å². The standard InChI is InChI=1S/C12H19FN2/c1-9(2)7-8-15(3)11-6-4-5-10(13)12(11)14/h4-6,9H,7-8,14H2,1-3H3. The Labute approximate surface area is 90.9 Å². The van der Waals surface area contributed by atoms with Crippen molar-refractivity contribution in [1.82, 2.24) is 0 Å². The molecule has 0 aliphatic heterocycles. The first-order valence-electron chi connectivity index (χ1n) is 5.27. The molecular formula is C12H19FN2. The van der Waals surface area contributed by atoms with Crippen molar-refractivity contribution >= 4 is 11.4 Å². The number of halogens is 1. The lowest BCUT2D eigenvalue weighted by molar-refractivity contribution is 0.584. The summed E-state index contributed by atoms with van der Waals surface area (Å²) in [5, 5.41) is 0. The summed E-state index contributed by atoms with van der Waals surface area (Å²) in [6.07, 6.45) is 1.08. The second-order valence-electron chi connectivity index (χ2n) is 4.28. The zero-order valence-electron chi connectivity index (χ0n) is 9.63. The molecule has 0 radical (unpaired) electrons. The van der Waals surface area contributed by atoms with Gasteiger partial charge in [0.2, 0.25) is 0 Å². The van der Waals surface area contributed by atoms with Gasteiger partial charge >= 0.3 is 0 Å². The fourth-order valence-corrected chi connectivity index (χ4v) is 1.43. The van der Waals surface area contributed by atoms with Crippen molar-refractivity contribution in [3.05, 3.63) is 24.0 Å². The molecule has 2 N–H and O–H groups in total. The highest BCUT2D eigenvalue weighted by molar-refractivity contribution is 5.67. The van der Waals surface area contributed by atoms with Crippen LogP contribution in [0.4, 0.5) is 15.8 Å². The van der Waals surface area contributed by atoms with Crippen molar-refractivity contribution in [1.29, 1.82) is 0 Å². The highest BCUT2D eigenvalue weighted by atomic mass is 19.1. The average Bonchev–Trinajstić information content (AvgIpc) is 2.18. The van der Waals surface area contributed by atoms with E-state index < -0.39 is 0 Å². The molecule has 0 aromatic heterocycles. The molecule has 0 amide bonds. The van der Waals surface area contributed by atoms with E-state index in [1.165, 1.54) is 6.07 Å². The summed E-state index contributed by atoms with van der Waals surface area (Å²) in [6, 6.07) is 4.92. The summed E-state index contributed by atoms with van der Waals surface area (Å²) >= 11 is 0. The van der Waals surface area contributed by atoms with Crippen molar-refractivity contribution in [3.8, 4) is 0 Å². The number of nitrogens with two attached hydrogens (primary N) is 1. The molecule has 0 atom stereocenters. The van der Waals surface area contributed by atoms with Crippen LogP contribution in [0, 0.1) is 11.7 Å². The zero-order valence-corrected chi connectivity index (χ0v) is 9.63. The zero-order chi connectivity index (χ0) is 11.4. The van der Waals surface area contributed by atoms with Gasteiger partial charge in [-0.1, -0.05) is 19.9 Å². The fourth-order valence-electron chi connectivity index (χ4n) is 1.43. The molecule has 3 heteroatoms. The quantitative estimate of drug-likeness (QED) is 0.774. The van der Waals surface area contributed by atoms with Crippen LogP contribution in [0.15, 0.2) is 18.2 Å². The van der Waals surface area contributed by atoms with Gasteiger partial charge in [-0.25, -0.2) is 4.39 Å². The van der Waals surface area contributed by atoms with Crippen molar-refractivity contribution in [2.75, 3.05) is 24.2 Å². The van der Waals surface area contributed by atoms with E-state index in [4.69, 9.17) is 5.73 Å². The lowest BCUT2D eigenvalue weighted by atomic mass is 10.1. The summed E-state index contributed by atoms with van der Waals surface area (Å²) in [5.74, 6) is 0.297. The van der Waals surface area contributed by atoms with Gasteiger partial charge in [0, 0.05) is 13.6 Å². The van der Waals surface area contributed by atoms with Gasteiger partial charge in [0.05, 0.1) is 11.4 Å². The Bertz CT molecular complexity index is 323. The van der Waals surface area contributed by atoms with Crippen LogP contribution in [0.25, 0.3) is 0 Å². The Morgan fingerprint density at radius 1 is 1.40 bits per heavy atom. The molecule has 0 aliphatic carbocycles. The maximum absolute atomic E-state index is 13.2. The first-order chi connectivity index (χ1) is 7.02. The molecule has 0 fully saturated rings. The molecule has 15 heavy (non-hydrogen) atoms. The number of benzene rings is 1. The molecule has 0 bridgehead atoms. The van der Waals surface area contributed by atoms with Gasteiger partial charge in [-0.05, 0) is 24.5 Å². The van der Waals surface area contributed by atoms with Gasteiger partial charge in [-0.15, -0.1) is 0 Å². The van der Waals surface area contributed by atoms with E-state index in [0.29, 0.717) is 5.92 Å². The molecule has 1 rings (SSSR count). The minimum atomic E-state index is -0.344. The van der Waals surface area contributed by atoms with Crippen molar-refractivity contribution in [2.24, 2.45) is 5.92 Å². The largest absolute Gasteiger partial charge is 0.395 e. The van der Waals surface area contributed by atoms with Gasteiger partial charge in [0.15, 0.2) is 0 Å². The summed E-state index contributed by atoms with van der Waals surface area (Å²) in [6.45, 7) is 5.23. The number of hydrogen-bond acceptors (Lipinski definition) is 2. The summed E-state index contributed by atoms with van der Waals surface area (Å²) < 4.78 is 13.2. The van der Waals surface area contributed by atoms with Gasteiger partial charge < -0.3 is 10.6 Å². The molecule has 0 aliphatic rings. The van der Waals surface area contributed by atoms with E-state index in [-0.39, 0.29) is 11.5 Å². The highest BCUT2D eigenvalue weighted by Gasteiger charge is 2.08. The lowest BCUT2D eigenvalue weighted by Gasteiger charge is -2.22. The summed E-state index contributed by atoms with van der Waals surface area (Å²) in [5.41, 5.74) is 6.69. The minimum Gasteiger partial charge on any atom is -0.395 e. The molecule has 0 spiro atoms. The van der Waals surface area contributed by atoms with Gasteiger partial charge in [0.1, 0.15) is 5.82 Å². The molecule has 1 aromatic carbocycles. The van der Waals surface area contributed by atoms with Crippen molar-refractivity contribution in [2.45, 2.75) is 20.3 Å². The van der Waals surface area contributed by atoms with Crippen LogP contribution in [0.3, 0.4) is 0 Å². The van der Waals surface area contributed by atoms with E-state index in [1.807, 2.05) is 18.0 Å². The van der Waals surface area contributed by atoms with Crippen LogP contribution in [-0.4, -0.2) is 13.6 Å². The van der Waals surface area contributed by atoms with E-state index >= 15 is 0 Å². The number of anilines is 2. The third-order valence-electron chi connectivity index (χ3n) is 2.48. The first kappa shape index (κ1) is 11.8. The number of hydrogen-bond donors (Lipinski definition) is 1. The average molecular weight is 210 g/mol. The van der Waals surface area contributed by atoms with Crippen LogP contribution in [0.5, 0.6) is 0 Å². The predicted molar refractivity (Wildman–Crippen MR) is 63.5 cm³/mol. The summed E-state index contributed by atoms with van der Waals surface area (Å²) in [7, 11) is 1.94. The van der Waals surface area contributed by atoms with E-state index in [1.54, 1.807) is 6.07 Å². The van der Waals surface area contributed by atoms with Crippen LogP contribution < -0.4 is 10.6 Å². The Morgan fingerprint density at radius 2 is 2.07 bits per heavy atom. The molecule has 2 nitrogen and oxygen atoms in total. The van der Waals surface area contributed by atoms with E-state index in [9.17, 15) is 4.39 Å². The first-order valence-corrected chi connectivity index (χ1v) is 5.27. The highest BCUT2D eigenvalue weighted by Crippen LogP contribution is 2.24.